The van der Waals surface area contributed by atoms with Crippen LogP contribution in [0.1, 0.15) is 16.9 Å². The van der Waals surface area contributed by atoms with Gasteiger partial charge in [0.25, 0.3) is 5.69 Å². The Morgan fingerprint density at radius 2 is 2.15 bits per heavy atom. The number of nitro benzene ring substituents is 1. The zero-order valence-electron chi connectivity index (χ0n) is 13.6. The molecule has 1 atom stereocenters. The van der Waals surface area contributed by atoms with E-state index in [1.165, 1.54) is 29.2 Å². The molecule has 1 saturated heterocycles. The first-order valence-electron chi connectivity index (χ1n) is 7.56. The highest BCUT2D eigenvalue weighted by Gasteiger charge is 2.34. The van der Waals surface area contributed by atoms with E-state index in [0.717, 1.165) is 4.80 Å². The summed E-state index contributed by atoms with van der Waals surface area (Å²) in [4.78, 5) is 24.3. The number of anilines is 1. The summed E-state index contributed by atoms with van der Waals surface area (Å²) >= 11 is 0. The van der Waals surface area contributed by atoms with Gasteiger partial charge in [0.15, 0.2) is 15.7 Å². The molecule has 12 heteroatoms. The van der Waals surface area contributed by atoms with Crippen LogP contribution in [-0.2, 0) is 9.84 Å². The maximum absolute atomic E-state index is 11.7. The van der Waals surface area contributed by atoms with Crippen molar-refractivity contribution in [2.75, 3.05) is 23.5 Å². The molecule has 1 aromatic heterocycles. The first-order valence-corrected chi connectivity index (χ1v) is 9.39. The predicted octanol–water partition coefficient (Wildman–Crippen LogP) is 0.497. The minimum atomic E-state index is -3.16. The van der Waals surface area contributed by atoms with E-state index in [0.29, 0.717) is 6.42 Å². The van der Waals surface area contributed by atoms with E-state index in [-0.39, 0.29) is 34.4 Å². The van der Waals surface area contributed by atoms with Gasteiger partial charge < -0.3 is 10.0 Å². The van der Waals surface area contributed by atoms with Crippen molar-refractivity contribution in [1.29, 1.82) is 0 Å². The lowest BCUT2D eigenvalue weighted by Crippen LogP contribution is -2.34. The number of carboxylic acids is 1. The van der Waals surface area contributed by atoms with E-state index in [4.69, 9.17) is 0 Å². The van der Waals surface area contributed by atoms with Gasteiger partial charge in [0.1, 0.15) is 0 Å². The van der Waals surface area contributed by atoms with E-state index >= 15 is 0 Å². The normalized spacial score (nSPS) is 18.6. The molecule has 1 N–H and O–H groups in total. The average molecular weight is 381 g/mol. The Morgan fingerprint density at radius 1 is 1.42 bits per heavy atom. The Morgan fingerprint density at radius 3 is 2.73 bits per heavy atom. The second-order valence-corrected chi connectivity index (χ2v) is 8.14. The van der Waals surface area contributed by atoms with Crippen molar-refractivity contribution in [3.63, 3.8) is 0 Å². The lowest BCUT2D eigenvalue weighted by Gasteiger charge is -2.22. The summed E-state index contributed by atoms with van der Waals surface area (Å²) in [5.74, 6) is -1.38. The summed E-state index contributed by atoms with van der Waals surface area (Å²) in [5, 5.41) is 28.3. The molecule has 2 heterocycles. The molecule has 1 aliphatic heterocycles. The highest BCUT2D eigenvalue weighted by atomic mass is 32.2. The quantitative estimate of drug-likeness (QED) is 0.577. The van der Waals surface area contributed by atoms with E-state index in [2.05, 4.69) is 10.2 Å². The van der Waals surface area contributed by atoms with Crippen LogP contribution in [0.2, 0.25) is 0 Å². The van der Waals surface area contributed by atoms with E-state index in [1.54, 1.807) is 7.05 Å². The minimum absolute atomic E-state index is 0.00565. The molecule has 138 valence electrons. The number of aromatic nitrogens is 3. The van der Waals surface area contributed by atoms with Gasteiger partial charge in [-0.2, -0.15) is 0 Å². The molecule has 1 aliphatic rings. The highest BCUT2D eigenvalue weighted by molar-refractivity contribution is 7.91. The monoisotopic (exact) mass is 381 g/mol. The van der Waals surface area contributed by atoms with Crippen LogP contribution in [0.15, 0.2) is 24.3 Å². The van der Waals surface area contributed by atoms with Crippen molar-refractivity contribution in [1.82, 2.24) is 15.0 Å². The number of sulfone groups is 1. The third-order valence-electron chi connectivity index (χ3n) is 4.16. The number of rotatable bonds is 5. The Kier molecular flexibility index (Phi) is 4.36. The van der Waals surface area contributed by atoms with Gasteiger partial charge in [-0.3, -0.25) is 10.1 Å². The molecule has 1 aromatic carbocycles. The Balaban J connectivity index is 2.00. The van der Waals surface area contributed by atoms with Gasteiger partial charge >= 0.3 is 5.97 Å². The molecular formula is C14H15N5O6S. The van der Waals surface area contributed by atoms with Crippen LogP contribution in [0.5, 0.6) is 0 Å². The molecule has 0 spiro atoms. The standard InChI is InChI=1S/C14H15N5O6S/c1-17(11-5-6-26(24,25)8-11)13-12(14(20)21)15-18(16-13)9-3-2-4-10(7-9)19(22)23/h2-4,7,11H,5-6,8H2,1H3,(H,20,21). The summed E-state index contributed by atoms with van der Waals surface area (Å²) < 4.78 is 23.4. The molecule has 0 amide bonds. The molecular weight excluding hydrogens is 366 g/mol. The zero-order valence-corrected chi connectivity index (χ0v) is 14.5. The van der Waals surface area contributed by atoms with Gasteiger partial charge in [0.2, 0.25) is 5.69 Å². The fraction of sp³-hybridized carbons (Fsp3) is 0.357. The summed E-state index contributed by atoms with van der Waals surface area (Å²) in [6.07, 6.45) is 0.363. The summed E-state index contributed by atoms with van der Waals surface area (Å²) in [6.45, 7) is 0. The lowest BCUT2D eigenvalue weighted by molar-refractivity contribution is -0.384. The number of carboxylic acid groups (broad SMARTS) is 1. The number of benzene rings is 1. The molecule has 1 unspecified atom stereocenters. The lowest BCUT2D eigenvalue weighted by atomic mass is 10.2. The molecule has 3 rings (SSSR count). The van der Waals surface area contributed by atoms with Crippen LogP contribution < -0.4 is 4.90 Å². The average Bonchev–Trinajstić information content (AvgIpc) is 3.18. The first kappa shape index (κ1) is 17.8. The number of aromatic carboxylic acids is 1. The SMILES string of the molecule is CN(c1nn(-c2cccc([N+](=O)[O-])c2)nc1C(=O)O)C1CCS(=O)(=O)C1. The smallest absolute Gasteiger partial charge is 0.360 e. The van der Waals surface area contributed by atoms with Crippen LogP contribution in [0, 0.1) is 10.1 Å². The molecule has 0 radical (unpaired) electrons. The summed E-state index contributed by atoms with van der Waals surface area (Å²) in [5.41, 5.74) is -0.322. The van der Waals surface area contributed by atoms with Gasteiger partial charge in [-0.25, -0.2) is 13.2 Å². The molecule has 1 fully saturated rings. The molecule has 0 aliphatic carbocycles. The first-order chi connectivity index (χ1) is 12.2. The summed E-state index contributed by atoms with van der Waals surface area (Å²) in [7, 11) is -1.61. The van der Waals surface area contributed by atoms with Crippen LogP contribution in [0.3, 0.4) is 0 Å². The van der Waals surface area contributed by atoms with Crippen molar-refractivity contribution < 1.29 is 23.2 Å². The number of non-ortho nitro benzene ring substituents is 1. The number of hydrogen-bond donors (Lipinski definition) is 1. The zero-order chi connectivity index (χ0) is 19.1. The fourth-order valence-electron chi connectivity index (χ4n) is 2.78. The molecule has 0 bridgehead atoms. The number of hydrogen-bond acceptors (Lipinski definition) is 8. The van der Waals surface area contributed by atoms with Crippen molar-refractivity contribution in [2.45, 2.75) is 12.5 Å². The second-order valence-electron chi connectivity index (χ2n) is 5.91. The Bertz CT molecular complexity index is 985. The van der Waals surface area contributed by atoms with Crippen molar-refractivity contribution in [2.24, 2.45) is 0 Å². The van der Waals surface area contributed by atoms with Gasteiger partial charge in [0, 0.05) is 25.2 Å². The van der Waals surface area contributed by atoms with Gasteiger partial charge in [-0.05, 0) is 12.5 Å². The Labute approximate surface area is 147 Å². The second kappa shape index (κ2) is 6.37. The summed E-state index contributed by atoms with van der Waals surface area (Å²) in [6, 6.07) is 5.04. The largest absolute Gasteiger partial charge is 0.476 e. The number of nitro groups is 1. The van der Waals surface area contributed by atoms with Crippen LogP contribution >= 0.6 is 0 Å². The maximum Gasteiger partial charge on any atom is 0.360 e. The highest BCUT2D eigenvalue weighted by Crippen LogP contribution is 2.25. The molecule has 0 saturated carbocycles. The number of carbonyl (C=O) groups is 1. The van der Waals surface area contributed by atoms with Crippen molar-refractivity contribution >= 4 is 27.3 Å². The third-order valence-corrected chi connectivity index (χ3v) is 5.91. The molecule has 2 aromatic rings. The van der Waals surface area contributed by atoms with E-state index in [9.17, 15) is 28.4 Å². The predicted molar refractivity (Wildman–Crippen MR) is 90.4 cm³/mol. The van der Waals surface area contributed by atoms with Crippen LogP contribution in [0.4, 0.5) is 11.5 Å². The van der Waals surface area contributed by atoms with Crippen LogP contribution in [0.25, 0.3) is 5.69 Å². The fourth-order valence-corrected chi connectivity index (χ4v) is 4.55. The maximum atomic E-state index is 11.7. The van der Waals surface area contributed by atoms with Gasteiger partial charge in [-0.1, -0.05) is 6.07 Å². The van der Waals surface area contributed by atoms with Crippen molar-refractivity contribution in [3.8, 4) is 5.69 Å². The Hall–Kier alpha value is -3.02. The number of nitrogens with zero attached hydrogens (tertiary/aromatic N) is 5. The van der Waals surface area contributed by atoms with E-state index in [1.807, 2.05) is 0 Å². The van der Waals surface area contributed by atoms with Crippen molar-refractivity contribution in [3.05, 3.63) is 40.1 Å². The van der Waals surface area contributed by atoms with Gasteiger partial charge in [-0.15, -0.1) is 15.0 Å². The third kappa shape index (κ3) is 3.35. The topological polar surface area (TPSA) is 149 Å². The van der Waals surface area contributed by atoms with Crippen LogP contribution in [-0.4, -0.2) is 64.0 Å². The molecule has 26 heavy (non-hydrogen) atoms. The minimum Gasteiger partial charge on any atom is -0.476 e. The van der Waals surface area contributed by atoms with Gasteiger partial charge in [0.05, 0.1) is 22.1 Å². The molecule has 11 nitrogen and oxygen atoms in total. The van der Waals surface area contributed by atoms with E-state index < -0.39 is 26.8 Å².